The van der Waals surface area contributed by atoms with Gasteiger partial charge in [-0.25, -0.2) is 0 Å². The fraction of sp³-hybridized carbons (Fsp3) is 0. The number of hydrogen-bond donors (Lipinski definition) is 0. The number of nitriles is 1. The van der Waals surface area contributed by atoms with Gasteiger partial charge in [0.05, 0.1) is 16.6 Å². The third-order valence-corrected chi connectivity index (χ3v) is 6.53. The van der Waals surface area contributed by atoms with Crippen molar-refractivity contribution in [2.75, 3.05) is 0 Å². The minimum absolute atomic E-state index is 0.563. The molecule has 158 valence electrons. The minimum Gasteiger partial charge on any atom is -0.456 e. The van der Waals surface area contributed by atoms with Crippen molar-refractivity contribution in [2.24, 2.45) is 0 Å². The molecule has 7 rings (SSSR count). The molecule has 3 aromatic heterocycles. The van der Waals surface area contributed by atoms with E-state index in [9.17, 15) is 5.26 Å². The molecular formula is C30H17N3O. The lowest BCUT2D eigenvalue weighted by Crippen LogP contribution is -1.95. The van der Waals surface area contributed by atoms with Gasteiger partial charge in [0.25, 0.3) is 0 Å². The van der Waals surface area contributed by atoms with Gasteiger partial charge < -0.3 is 8.98 Å². The summed E-state index contributed by atoms with van der Waals surface area (Å²) in [6, 6.07) is 33.4. The van der Waals surface area contributed by atoms with Crippen molar-refractivity contribution in [2.45, 2.75) is 0 Å². The number of aromatic nitrogens is 2. The molecule has 0 amide bonds. The second-order valence-electron chi connectivity index (χ2n) is 8.37. The zero-order valence-electron chi connectivity index (χ0n) is 18.1. The molecule has 4 heteroatoms. The maximum Gasteiger partial charge on any atom is 0.136 e. The molecule has 0 spiro atoms. The Kier molecular flexibility index (Phi) is 3.88. The third-order valence-electron chi connectivity index (χ3n) is 6.53. The van der Waals surface area contributed by atoms with Crippen LogP contribution in [0.1, 0.15) is 5.56 Å². The van der Waals surface area contributed by atoms with Gasteiger partial charge in [0.1, 0.15) is 17.2 Å². The molecular weight excluding hydrogens is 418 g/mol. The first kappa shape index (κ1) is 18.7. The number of para-hydroxylation sites is 2. The van der Waals surface area contributed by atoms with Crippen molar-refractivity contribution < 1.29 is 4.42 Å². The smallest absolute Gasteiger partial charge is 0.136 e. The second kappa shape index (κ2) is 7.06. The van der Waals surface area contributed by atoms with Gasteiger partial charge >= 0.3 is 0 Å². The number of nitrogens with zero attached hydrogens (tertiary/aromatic N) is 3. The van der Waals surface area contributed by atoms with Crippen LogP contribution >= 0.6 is 0 Å². The molecule has 0 radical (unpaired) electrons. The molecule has 0 saturated carbocycles. The van der Waals surface area contributed by atoms with Crippen LogP contribution in [-0.4, -0.2) is 9.55 Å². The SMILES string of the molecule is N#Cc1cnccc1-c1cccc(-n2c3ccccc3c3c4c(ccc32)oc2ccccc24)c1. The molecule has 7 aromatic rings. The quantitative estimate of drug-likeness (QED) is 0.281. The van der Waals surface area contributed by atoms with E-state index in [0.717, 1.165) is 49.8 Å². The largest absolute Gasteiger partial charge is 0.456 e. The van der Waals surface area contributed by atoms with Crippen LogP contribution in [0.25, 0.3) is 60.6 Å². The molecule has 0 aliphatic rings. The average molecular weight is 435 g/mol. The first-order valence-corrected chi connectivity index (χ1v) is 11.1. The first-order valence-electron chi connectivity index (χ1n) is 11.1. The molecule has 4 aromatic carbocycles. The van der Waals surface area contributed by atoms with Gasteiger partial charge in [0.2, 0.25) is 0 Å². The molecule has 0 aliphatic heterocycles. The number of pyridine rings is 1. The van der Waals surface area contributed by atoms with Crippen molar-refractivity contribution in [3.8, 4) is 22.9 Å². The zero-order valence-corrected chi connectivity index (χ0v) is 18.1. The Morgan fingerprint density at radius 3 is 2.50 bits per heavy atom. The Morgan fingerprint density at radius 2 is 1.59 bits per heavy atom. The Hall–Kier alpha value is -4.88. The van der Waals surface area contributed by atoms with Crippen LogP contribution in [0.3, 0.4) is 0 Å². The predicted molar refractivity (Wildman–Crippen MR) is 136 cm³/mol. The summed E-state index contributed by atoms with van der Waals surface area (Å²) in [6.45, 7) is 0. The number of furan rings is 1. The van der Waals surface area contributed by atoms with Crippen LogP contribution in [0.15, 0.2) is 108 Å². The topological polar surface area (TPSA) is 54.8 Å². The van der Waals surface area contributed by atoms with Gasteiger partial charge in [-0.15, -0.1) is 0 Å². The summed E-state index contributed by atoms with van der Waals surface area (Å²) >= 11 is 0. The van der Waals surface area contributed by atoms with Crippen LogP contribution in [0.5, 0.6) is 0 Å². The van der Waals surface area contributed by atoms with Gasteiger partial charge in [0, 0.05) is 45.2 Å². The second-order valence-corrected chi connectivity index (χ2v) is 8.37. The predicted octanol–water partition coefficient (Wildman–Crippen LogP) is 7.62. The highest BCUT2D eigenvalue weighted by atomic mass is 16.3. The van der Waals surface area contributed by atoms with E-state index >= 15 is 0 Å². The van der Waals surface area contributed by atoms with Crippen molar-refractivity contribution in [3.63, 3.8) is 0 Å². The number of benzene rings is 4. The van der Waals surface area contributed by atoms with Gasteiger partial charge in [-0.1, -0.05) is 48.5 Å². The van der Waals surface area contributed by atoms with Crippen molar-refractivity contribution in [1.29, 1.82) is 5.26 Å². The summed E-state index contributed by atoms with van der Waals surface area (Å²) in [6.07, 6.45) is 3.34. The molecule has 0 bridgehead atoms. The summed E-state index contributed by atoms with van der Waals surface area (Å²) in [4.78, 5) is 4.11. The highest BCUT2D eigenvalue weighted by molar-refractivity contribution is 6.27. The van der Waals surface area contributed by atoms with E-state index in [4.69, 9.17) is 4.42 Å². The van der Waals surface area contributed by atoms with Crippen LogP contribution in [0, 0.1) is 11.3 Å². The minimum atomic E-state index is 0.563. The Bertz CT molecular complexity index is 1930. The molecule has 0 aliphatic carbocycles. The van der Waals surface area contributed by atoms with Crippen molar-refractivity contribution >= 4 is 43.7 Å². The van der Waals surface area contributed by atoms with Crippen molar-refractivity contribution in [3.05, 3.63) is 109 Å². The van der Waals surface area contributed by atoms with E-state index in [1.807, 2.05) is 30.3 Å². The maximum absolute atomic E-state index is 9.58. The highest BCUT2D eigenvalue weighted by Gasteiger charge is 2.18. The van der Waals surface area contributed by atoms with Gasteiger partial charge in [-0.3, -0.25) is 4.98 Å². The molecule has 0 fully saturated rings. The van der Waals surface area contributed by atoms with Crippen LogP contribution < -0.4 is 0 Å². The molecule has 0 saturated heterocycles. The molecule has 4 nitrogen and oxygen atoms in total. The highest BCUT2D eigenvalue weighted by Crippen LogP contribution is 2.41. The normalized spacial score (nSPS) is 11.5. The molecule has 0 unspecified atom stereocenters. The van der Waals surface area contributed by atoms with E-state index in [1.54, 1.807) is 12.4 Å². The van der Waals surface area contributed by atoms with Crippen LogP contribution in [0.4, 0.5) is 0 Å². The Balaban J connectivity index is 1.59. The van der Waals surface area contributed by atoms with Crippen LogP contribution in [0.2, 0.25) is 0 Å². The number of hydrogen-bond acceptors (Lipinski definition) is 3. The first-order chi connectivity index (χ1) is 16.8. The molecule has 3 heterocycles. The summed E-state index contributed by atoms with van der Waals surface area (Å²) in [5.41, 5.74) is 7.49. The van der Waals surface area contributed by atoms with E-state index in [-0.39, 0.29) is 0 Å². The maximum atomic E-state index is 9.58. The lowest BCUT2D eigenvalue weighted by Gasteiger charge is -2.11. The molecule has 0 atom stereocenters. The lowest BCUT2D eigenvalue weighted by molar-refractivity contribution is 0.669. The standard InChI is InChI=1S/C30H17N3O/c31-17-20-18-32-15-14-22(20)19-6-5-7-21(16-19)33-25-10-3-1-8-23(25)29-26(33)12-13-28-30(29)24-9-2-4-11-27(24)34-28/h1-16,18H. The monoisotopic (exact) mass is 435 g/mol. The zero-order chi connectivity index (χ0) is 22.6. The summed E-state index contributed by atoms with van der Waals surface area (Å²) in [5, 5.41) is 14.2. The van der Waals surface area contributed by atoms with Gasteiger partial charge in [0.15, 0.2) is 0 Å². The Morgan fingerprint density at radius 1 is 0.735 bits per heavy atom. The summed E-state index contributed by atoms with van der Waals surface area (Å²) in [7, 11) is 0. The molecule has 0 N–H and O–H groups in total. The van der Waals surface area contributed by atoms with Gasteiger partial charge in [-0.2, -0.15) is 5.26 Å². The van der Waals surface area contributed by atoms with Gasteiger partial charge in [-0.05, 0) is 48.0 Å². The summed E-state index contributed by atoms with van der Waals surface area (Å²) in [5.74, 6) is 0. The lowest BCUT2D eigenvalue weighted by atomic mass is 10.0. The Labute approximate surface area is 194 Å². The van der Waals surface area contributed by atoms with E-state index in [2.05, 4.69) is 76.3 Å². The third kappa shape index (κ3) is 2.55. The number of fused-ring (bicyclic) bond motifs is 7. The fourth-order valence-corrected chi connectivity index (χ4v) is 5.10. The number of rotatable bonds is 2. The summed E-state index contributed by atoms with van der Waals surface area (Å²) < 4.78 is 8.48. The van der Waals surface area contributed by atoms with E-state index < -0.39 is 0 Å². The fourth-order valence-electron chi connectivity index (χ4n) is 5.10. The average Bonchev–Trinajstić information content (AvgIpc) is 3.44. The van der Waals surface area contributed by atoms with Crippen molar-refractivity contribution in [1.82, 2.24) is 9.55 Å². The van der Waals surface area contributed by atoms with E-state index in [0.29, 0.717) is 5.56 Å². The van der Waals surface area contributed by atoms with Crippen LogP contribution in [-0.2, 0) is 0 Å². The van der Waals surface area contributed by atoms with E-state index in [1.165, 1.54) is 10.8 Å². The molecule has 34 heavy (non-hydrogen) atoms.